The van der Waals surface area contributed by atoms with Crippen molar-refractivity contribution in [1.29, 1.82) is 5.26 Å². The molecule has 13 heteroatoms. The topological polar surface area (TPSA) is 197 Å². The number of carbonyl (C=O) groups is 3. The Hall–Kier alpha value is -5.48. The number of fused-ring (bicyclic) bond motifs is 1. The summed E-state index contributed by atoms with van der Waals surface area (Å²) in [6, 6.07) is 17.3. The minimum Gasteiger partial charge on any atom is -0.480 e. The fourth-order valence-electron chi connectivity index (χ4n) is 5.55. The van der Waals surface area contributed by atoms with Crippen molar-refractivity contribution < 1.29 is 29.3 Å². The van der Waals surface area contributed by atoms with Crippen LogP contribution in [0.3, 0.4) is 0 Å². The van der Waals surface area contributed by atoms with E-state index < -0.39 is 51.0 Å². The van der Waals surface area contributed by atoms with Crippen molar-refractivity contribution in [3.63, 3.8) is 0 Å². The monoisotopic (exact) mass is 541 g/mol. The number of hydrogen-bond donors (Lipinski definition) is 2. The van der Waals surface area contributed by atoms with E-state index in [0.717, 1.165) is 11.0 Å². The maximum Gasteiger partial charge on any atom is 0.325 e. The first kappa shape index (κ1) is 26.1. The van der Waals surface area contributed by atoms with Crippen LogP contribution >= 0.6 is 0 Å². The summed E-state index contributed by atoms with van der Waals surface area (Å²) in [4.78, 5) is 62.7. The number of nitro benzene ring substituents is 2. The third-order valence-electron chi connectivity index (χ3n) is 7.36. The summed E-state index contributed by atoms with van der Waals surface area (Å²) in [6.07, 6.45) is -0.296. The summed E-state index contributed by atoms with van der Waals surface area (Å²) in [7, 11) is 0. The Morgan fingerprint density at radius 2 is 1.62 bits per heavy atom. The number of nitrogens with zero attached hydrogens (tertiary/aromatic N) is 4. The molecule has 2 saturated heterocycles. The molecular formula is C27H19N5O8. The maximum absolute atomic E-state index is 13.9. The largest absolute Gasteiger partial charge is 0.480 e. The summed E-state index contributed by atoms with van der Waals surface area (Å²) in [5.74, 6) is -5.62. The van der Waals surface area contributed by atoms with Gasteiger partial charge in [-0.2, -0.15) is 5.26 Å². The van der Waals surface area contributed by atoms with Gasteiger partial charge < -0.3 is 5.11 Å². The van der Waals surface area contributed by atoms with Crippen LogP contribution in [-0.2, 0) is 20.8 Å². The molecule has 0 radical (unpaired) electrons. The number of imide groups is 1. The number of carbonyl (C=O) groups excluding carboxylic acids is 2. The molecule has 2 aliphatic heterocycles. The molecule has 40 heavy (non-hydrogen) atoms. The minimum atomic E-state index is -2.01. The highest BCUT2D eigenvalue weighted by Crippen LogP contribution is 2.51. The van der Waals surface area contributed by atoms with Gasteiger partial charge in [0.2, 0.25) is 11.8 Å². The third kappa shape index (κ3) is 4.12. The molecule has 0 bridgehead atoms. The molecule has 3 aromatic rings. The molecule has 13 nitrogen and oxygen atoms in total. The molecule has 4 atom stereocenters. The number of amides is 2. The van der Waals surface area contributed by atoms with E-state index >= 15 is 0 Å². The molecule has 0 spiro atoms. The number of carboxylic acids is 1. The lowest BCUT2D eigenvalue weighted by Crippen LogP contribution is -2.57. The van der Waals surface area contributed by atoms with E-state index in [1.54, 1.807) is 12.1 Å². The Kier molecular flexibility index (Phi) is 6.32. The Labute approximate surface area is 225 Å². The number of rotatable bonds is 7. The van der Waals surface area contributed by atoms with Crippen molar-refractivity contribution in [3.8, 4) is 6.07 Å². The molecule has 2 fully saturated rings. The van der Waals surface area contributed by atoms with Gasteiger partial charge in [-0.25, -0.2) is 4.90 Å². The van der Waals surface area contributed by atoms with Crippen molar-refractivity contribution in [2.24, 2.45) is 11.8 Å². The van der Waals surface area contributed by atoms with E-state index in [9.17, 15) is 45.0 Å². The lowest BCUT2D eigenvalue weighted by molar-refractivity contribution is -0.385. The summed E-state index contributed by atoms with van der Waals surface area (Å²) in [5.41, 5.74) is -1.47. The van der Waals surface area contributed by atoms with Gasteiger partial charge in [0.1, 0.15) is 5.54 Å². The molecule has 2 amide bonds. The number of non-ortho nitro benzene ring substituents is 2. The Bertz CT molecular complexity index is 1620. The van der Waals surface area contributed by atoms with Crippen LogP contribution in [0.5, 0.6) is 0 Å². The molecule has 2 heterocycles. The van der Waals surface area contributed by atoms with Crippen molar-refractivity contribution >= 4 is 34.8 Å². The van der Waals surface area contributed by atoms with Gasteiger partial charge in [0, 0.05) is 36.7 Å². The zero-order chi connectivity index (χ0) is 28.8. The number of anilines is 1. The molecular weight excluding hydrogens is 522 g/mol. The zero-order valence-corrected chi connectivity index (χ0v) is 20.5. The predicted molar refractivity (Wildman–Crippen MR) is 137 cm³/mol. The highest BCUT2D eigenvalue weighted by atomic mass is 16.6. The Balaban J connectivity index is 1.64. The SMILES string of the molecule is N#Cc1ccc(C2NC(Cc3ccc([N+](=O)[O-])cc3)(C(=O)O)C3C(=O)N(c4cccc([N+](=O)[O-])c4)C(=O)C23)cc1. The summed E-state index contributed by atoms with van der Waals surface area (Å²) >= 11 is 0. The van der Waals surface area contributed by atoms with Gasteiger partial charge in [-0.15, -0.1) is 0 Å². The summed E-state index contributed by atoms with van der Waals surface area (Å²) < 4.78 is 0. The first-order chi connectivity index (χ1) is 19.1. The number of aliphatic carboxylic acids is 1. The van der Waals surface area contributed by atoms with Gasteiger partial charge in [-0.3, -0.25) is 39.9 Å². The van der Waals surface area contributed by atoms with E-state index in [1.165, 1.54) is 54.6 Å². The fraction of sp³-hybridized carbons (Fsp3) is 0.185. The van der Waals surface area contributed by atoms with Gasteiger partial charge in [0.25, 0.3) is 11.4 Å². The lowest BCUT2D eigenvalue weighted by Gasteiger charge is -2.31. The van der Waals surface area contributed by atoms with Crippen LogP contribution in [0.4, 0.5) is 17.1 Å². The van der Waals surface area contributed by atoms with Crippen molar-refractivity contribution in [2.75, 3.05) is 4.90 Å². The third-order valence-corrected chi connectivity index (χ3v) is 7.36. The van der Waals surface area contributed by atoms with Crippen LogP contribution in [0.2, 0.25) is 0 Å². The maximum atomic E-state index is 13.9. The predicted octanol–water partition coefficient (Wildman–Crippen LogP) is 2.89. The Morgan fingerprint density at radius 1 is 0.975 bits per heavy atom. The highest BCUT2D eigenvalue weighted by Gasteiger charge is 2.68. The summed E-state index contributed by atoms with van der Waals surface area (Å²) in [6.45, 7) is 0. The van der Waals surface area contributed by atoms with Crippen LogP contribution < -0.4 is 10.2 Å². The highest BCUT2D eigenvalue weighted by molar-refractivity contribution is 6.24. The van der Waals surface area contributed by atoms with E-state index in [-0.39, 0.29) is 23.5 Å². The standard InChI is InChI=1S/C27H19N5O8/c28-14-16-4-8-17(9-5-16)23-21-22(25(34)30(24(21)33)19-2-1-3-20(12-19)32(39)40)27(29-23,26(35)36)13-15-6-10-18(11-7-15)31(37)38/h1-12,21-23,29H,13H2,(H,35,36). The van der Waals surface area contributed by atoms with Gasteiger partial charge >= 0.3 is 5.97 Å². The second-order valence-electron chi connectivity index (χ2n) is 9.52. The van der Waals surface area contributed by atoms with Crippen LogP contribution in [0.15, 0.2) is 72.8 Å². The molecule has 5 rings (SSSR count). The molecule has 2 aliphatic rings. The number of hydrogen-bond acceptors (Lipinski definition) is 9. The molecule has 200 valence electrons. The van der Waals surface area contributed by atoms with Gasteiger partial charge in [0.15, 0.2) is 0 Å². The molecule has 3 aromatic carbocycles. The number of nitrogens with one attached hydrogen (secondary N) is 1. The van der Waals surface area contributed by atoms with Crippen LogP contribution in [0, 0.1) is 43.4 Å². The Morgan fingerprint density at radius 3 is 2.20 bits per heavy atom. The van der Waals surface area contributed by atoms with Gasteiger partial charge in [0.05, 0.1) is 39.0 Å². The van der Waals surface area contributed by atoms with E-state index in [4.69, 9.17) is 0 Å². The van der Waals surface area contributed by atoms with E-state index in [1.807, 2.05) is 6.07 Å². The molecule has 0 aromatic heterocycles. The van der Waals surface area contributed by atoms with Crippen LogP contribution in [-0.4, -0.2) is 38.3 Å². The molecule has 0 aliphatic carbocycles. The van der Waals surface area contributed by atoms with Crippen LogP contribution in [0.1, 0.15) is 22.7 Å². The zero-order valence-electron chi connectivity index (χ0n) is 20.5. The first-order valence-corrected chi connectivity index (χ1v) is 11.9. The molecule has 0 saturated carbocycles. The van der Waals surface area contributed by atoms with Gasteiger partial charge in [-0.05, 0) is 29.3 Å². The van der Waals surface area contributed by atoms with Crippen LogP contribution in [0.25, 0.3) is 0 Å². The quantitative estimate of drug-likeness (QED) is 0.255. The van der Waals surface area contributed by atoms with Gasteiger partial charge in [-0.1, -0.05) is 30.3 Å². The molecule has 2 N–H and O–H groups in total. The van der Waals surface area contributed by atoms with E-state index in [0.29, 0.717) is 16.7 Å². The number of benzene rings is 3. The second kappa shape index (κ2) is 9.68. The van der Waals surface area contributed by atoms with Crippen molar-refractivity contribution in [3.05, 3.63) is 110 Å². The average molecular weight is 541 g/mol. The lowest BCUT2D eigenvalue weighted by atomic mass is 9.76. The first-order valence-electron chi connectivity index (χ1n) is 11.9. The fourth-order valence-corrected chi connectivity index (χ4v) is 5.55. The average Bonchev–Trinajstić information content (AvgIpc) is 3.42. The number of nitro groups is 2. The summed E-state index contributed by atoms with van der Waals surface area (Å²) in [5, 5.41) is 45.2. The molecule has 4 unspecified atom stereocenters. The second-order valence-corrected chi connectivity index (χ2v) is 9.52. The van der Waals surface area contributed by atoms with Crippen molar-refractivity contribution in [2.45, 2.75) is 18.0 Å². The number of carboxylic acid groups (broad SMARTS) is 1. The van der Waals surface area contributed by atoms with E-state index in [2.05, 4.69) is 5.32 Å². The normalized spacial score (nSPS) is 23.5. The number of nitriles is 1. The van der Waals surface area contributed by atoms with Crippen molar-refractivity contribution in [1.82, 2.24) is 5.32 Å². The minimum absolute atomic E-state index is 0.0631. The smallest absolute Gasteiger partial charge is 0.325 e.